The second kappa shape index (κ2) is 3.64. The maximum absolute atomic E-state index is 12.3. The Morgan fingerprint density at radius 3 is 2.25 bits per heavy atom. The van der Waals surface area contributed by atoms with Crippen LogP contribution in [-0.4, -0.2) is 18.1 Å². The number of halogens is 3. The Kier molecular flexibility index (Phi) is 2.99. The van der Waals surface area contributed by atoms with Crippen molar-refractivity contribution in [1.29, 1.82) is 0 Å². The standard InChI is InChI=1S/C8H14F3N/c9-6(7(10)11)2-1-3-8(12)4-5-8/h6-7H,1-5,12H2. The van der Waals surface area contributed by atoms with E-state index in [1.807, 2.05) is 0 Å². The van der Waals surface area contributed by atoms with Crippen LogP contribution in [0.15, 0.2) is 0 Å². The zero-order valence-electron chi connectivity index (χ0n) is 6.90. The fourth-order valence-corrected chi connectivity index (χ4v) is 1.19. The monoisotopic (exact) mass is 181 g/mol. The first-order valence-electron chi connectivity index (χ1n) is 4.25. The van der Waals surface area contributed by atoms with Gasteiger partial charge in [-0.3, -0.25) is 0 Å². The molecular weight excluding hydrogens is 167 g/mol. The summed E-state index contributed by atoms with van der Waals surface area (Å²) in [4.78, 5) is 0. The van der Waals surface area contributed by atoms with Gasteiger partial charge in [-0.15, -0.1) is 0 Å². The molecule has 0 spiro atoms. The van der Waals surface area contributed by atoms with E-state index in [0.29, 0.717) is 12.8 Å². The second-order valence-electron chi connectivity index (χ2n) is 3.61. The van der Waals surface area contributed by atoms with E-state index in [9.17, 15) is 13.2 Å². The lowest BCUT2D eigenvalue weighted by Gasteiger charge is -2.09. The lowest BCUT2D eigenvalue weighted by atomic mass is 10.1. The molecule has 0 aromatic rings. The molecule has 2 N–H and O–H groups in total. The van der Waals surface area contributed by atoms with E-state index in [-0.39, 0.29) is 12.0 Å². The molecule has 1 aliphatic rings. The van der Waals surface area contributed by atoms with Gasteiger partial charge < -0.3 is 5.73 Å². The van der Waals surface area contributed by atoms with Crippen LogP contribution in [0.2, 0.25) is 0 Å². The molecular formula is C8H14F3N. The highest BCUT2D eigenvalue weighted by Gasteiger charge is 2.37. The van der Waals surface area contributed by atoms with Crippen molar-refractivity contribution in [2.75, 3.05) is 0 Å². The Morgan fingerprint density at radius 2 is 1.83 bits per heavy atom. The smallest absolute Gasteiger partial charge is 0.269 e. The van der Waals surface area contributed by atoms with E-state index in [4.69, 9.17) is 5.73 Å². The highest BCUT2D eigenvalue weighted by molar-refractivity contribution is 4.98. The molecule has 1 aliphatic carbocycles. The normalized spacial score (nSPS) is 22.8. The zero-order valence-corrected chi connectivity index (χ0v) is 6.90. The molecule has 0 bridgehead atoms. The third kappa shape index (κ3) is 3.01. The van der Waals surface area contributed by atoms with Gasteiger partial charge >= 0.3 is 0 Å². The van der Waals surface area contributed by atoms with Crippen LogP contribution >= 0.6 is 0 Å². The van der Waals surface area contributed by atoms with E-state index >= 15 is 0 Å². The number of hydrogen-bond donors (Lipinski definition) is 1. The van der Waals surface area contributed by atoms with E-state index < -0.39 is 12.6 Å². The summed E-state index contributed by atoms with van der Waals surface area (Å²) in [5.74, 6) is 0. The molecule has 1 rings (SSSR count). The maximum atomic E-state index is 12.3. The molecule has 0 radical (unpaired) electrons. The van der Waals surface area contributed by atoms with Gasteiger partial charge in [0.15, 0.2) is 6.17 Å². The number of rotatable bonds is 5. The second-order valence-corrected chi connectivity index (χ2v) is 3.61. The fraction of sp³-hybridized carbons (Fsp3) is 1.00. The summed E-state index contributed by atoms with van der Waals surface area (Å²) in [6.07, 6.45) is -1.79. The van der Waals surface area contributed by atoms with Crippen LogP contribution in [0.25, 0.3) is 0 Å². The van der Waals surface area contributed by atoms with Crippen LogP contribution < -0.4 is 5.73 Å². The molecule has 1 atom stereocenters. The van der Waals surface area contributed by atoms with Crippen molar-refractivity contribution in [3.05, 3.63) is 0 Å². The molecule has 1 unspecified atom stereocenters. The van der Waals surface area contributed by atoms with Crippen molar-refractivity contribution >= 4 is 0 Å². The van der Waals surface area contributed by atoms with Crippen LogP contribution in [0.1, 0.15) is 32.1 Å². The summed E-state index contributed by atoms with van der Waals surface area (Å²) in [6.45, 7) is 0. The minimum atomic E-state index is -2.84. The van der Waals surface area contributed by atoms with Gasteiger partial charge in [0.2, 0.25) is 0 Å². The fourth-order valence-electron chi connectivity index (χ4n) is 1.19. The summed E-state index contributed by atoms with van der Waals surface area (Å²) in [5, 5.41) is 0. The van der Waals surface area contributed by atoms with Crippen LogP contribution in [0.4, 0.5) is 13.2 Å². The molecule has 0 amide bonds. The van der Waals surface area contributed by atoms with Gasteiger partial charge in [0, 0.05) is 5.54 Å². The Hall–Kier alpha value is -0.250. The minimum Gasteiger partial charge on any atom is -0.325 e. The maximum Gasteiger partial charge on any atom is 0.269 e. The van der Waals surface area contributed by atoms with Crippen molar-refractivity contribution < 1.29 is 13.2 Å². The van der Waals surface area contributed by atoms with Gasteiger partial charge in [-0.2, -0.15) is 0 Å². The quantitative estimate of drug-likeness (QED) is 0.691. The van der Waals surface area contributed by atoms with Crippen LogP contribution in [-0.2, 0) is 0 Å². The Balaban J connectivity index is 2.02. The Labute approximate surface area is 70.1 Å². The first-order valence-corrected chi connectivity index (χ1v) is 4.25. The first-order chi connectivity index (χ1) is 5.53. The molecule has 0 aromatic heterocycles. The third-order valence-electron chi connectivity index (χ3n) is 2.32. The number of nitrogens with two attached hydrogens (primary N) is 1. The average molecular weight is 181 g/mol. The summed E-state index contributed by atoms with van der Waals surface area (Å²) in [6, 6.07) is 0. The van der Waals surface area contributed by atoms with Gasteiger partial charge in [0.25, 0.3) is 6.43 Å². The van der Waals surface area contributed by atoms with Gasteiger partial charge in [-0.05, 0) is 32.1 Å². The van der Waals surface area contributed by atoms with Crippen molar-refractivity contribution in [3.63, 3.8) is 0 Å². The number of alkyl halides is 3. The van der Waals surface area contributed by atoms with Crippen LogP contribution in [0.3, 0.4) is 0 Å². The molecule has 0 aliphatic heterocycles. The molecule has 0 heterocycles. The molecule has 72 valence electrons. The van der Waals surface area contributed by atoms with Crippen LogP contribution in [0, 0.1) is 0 Å². The summed E-state index contributed by atoms with van der Waals surface area (Å²) in [5.41, 5.74) is 5.56. The van der Waals surface area contributed by atoms with E-state index in [2.05, 4.69) is 0 Å². The van der Waals surface area contributed by atoms with Crippen molar-refractivity contribution in [1.82, 2.24) is 0 Å². The minimum absolute atomic E-state index is 0.0589. The Morgan fingerprint density at radius 1 is 1.25 bits per heavy atom. The molecule has 0 saturated heterocycles. The van der Waals surface area contributed by atoms with E-state index in [1.54, 1.807) is 0 Å². The van der Waals surface area contributed by atoms with Gasteiger partial charge in [0.05, 0.1) is 0 Å². The van der Waals surface area contributed by atoms with E-state index in [1.165, 1.54) is 0 Å². The third-order valence-corrected chi connectivity index (χ3v) is 2.32. The molecule has 4 heteroatoms. The predicted molar refractivity (Wildman–Crippen MR) is 40.9 cm³/mol. The summed E-state index contributed by atoms with van der Waals surface area (Å²) >= 11 is 0. The highest BCUT2D eigenvalue weighted by Crippen LogP contribution is 2.37. The lowest BCUT2D eigenvalue weighted by Crippen LogP contribution is -2.22. The van der Waals surface area contributed by atoms with Gasteiger partial charge in [-0.1, -0.05) is 0 Å². The van der Waals surface area contributed by atoms with Crippen molar-refractivity contribution in [2.24, 2.45) is 5.73 Å². The molecule has 0 aromatic carbocycles. The van der Waals surface area contributed by atoms with E-state index in [0.717, 1.165) is 12.8 Å². The first kappa shape index (κ1) is 9.84. The van der Waals surface area contributed by atoms with Crippen molar-refractivity contribution in [2.45, 2.75) is 50.2 Å². The molecule has 1 nitrogen and oxygen atoms in total. The Bertz CT molecular complexity index is 145. The van der Waals surface area contributed by atoms with Gasteiger partial charge in [0.1, 0.15) is 0 Å². The van der Waals surface area contributed by atoms with Gasteiger partial charge in [-0.25, -0.2) is 13.2 Å². The summed E-state index contributed by atoms with van der Waals surface area (Å²) < 4.78 is 35.6. The average Bonchev–Trinajstić information content (AvgIpc) is 2.68. The van der Waals surface area contributed by atoms with Crippen molar-refractivity contribution in [3.8, 4) is 0 Å². The largest absolute Gasteiger partial charge is 0.325 e. The number of hydrogen-bond acceptors (Lipinski definition) is 1. The molecule has 12 heavy (non-hydrogen) atoms. The molecule has 1 saturated carbocycles. The van der Waals surface area contributed by atoms with Crippen LogP contribution in [0.5, 0.6) is 0 Å². The predicted octanol–water partition coefficient (Wildman–Crippen LogP) is 2.25. The zero-order chi connectivity index (χ0) is 9.19. The SMILES string of the molecule is NC1(CCCC(F)C(F)F)CC1. The lowest BCUT2D eigenvalue weighted by molar-refractivity contribution is 0.0437. The summed E-state index contributed by atoms with van der Waals surface area (Å²) in [7, 11) is 0. The topological polar surface area (TPSA) is 26.0 Å². The molecule has 1 fully saturated rings. The highest BCUT2D eigenvalue weighted by atomic mass is 19.3.